The molecule has 0 spiro atoms. The van der Waals surface area contributed by atoms with Crippen LogP contribution < -0.4 is 20.1 Å². The fraction of sp³-hybridized carbons (Fsp3) is 0.118. The van der Waals surface area contributed by atoms with Gasteiger partial charge < -0.3 is 34.8 Å². The molecule has 41 heavy (non-hydrogen) atoms. The van der Waals surface area contributed by atoms with Crippen molar-refractivity contribution >= 4 is 22.7 Å². The molecule has 7 heteroatoms. The summed E-state index contributed by atoms with van der Waals surface area (Å²) in [5.74, 6) is 2.63. The van der Waals surface area contributed by atoms with Crippen LogP contribution in [-0.2, 0) is 6.54 Å². The second-order valence-electron chi connectivity index (χ2n) is 11.0. The van der Waals surface area contributed by atoms with Crippen molar-refractivity contribution in [3.63, 3.8) is 0 Å². The molecule has 204 valence electrons. The second-order valence-corrected chi connectivity index (χ2v) is 11.0. The number of hydrogen-bond donors (Lipinski definition) is 4. The van der Waals surface area contributed by atoms with E-state index < -0.39 is 6.04 Å². The maximum absolute atomic E-state index is 11.8. The van der Waals surface area contributed by atoms with Crippen molar-refractivity contribution in [3.8, 4) is 34.5 Å². The smallest absolute Gasteiger partial charge is 0.154 e. The van der Waals surface area contributed by atoms with Gasteiger partial charge in [0, 0.05) is 5.56 Å². The van der Waals surface area contributed by atoms with Crippen molar-refractivity contribution in [1.29, 1.82) is 0 Å². The first-order chi connectivity index (χ1) is 19.9. The van der Waals surface area contributed by atoms with Gasteiger partial charge in [0.1, 0.15) is 24.0 Å². The Balaban J connectivity index is 1.37. The number of benzene rings is 5. The zero-order chi connectivity index (χ0) is 28.1. The first-order valence-corrected chi connectivity index (χ1v) is 13.6. The largest absolute Gasteiger partial charge is 0.505 e. The standard InChI is InChI=1S/C34H29N3O4/c1-37(2,20-21-10-4-3-5-11-21)32(22-16-18-28-30(33(22)38)35-24-12-6-8-14-26(24)40-28)23-17-19-29-31(34(23)39)36-25-13-7-9-15-27(25)41-29/h3-19,32,35-36H,20H2,1-2H3,(H-,38,39)/p+1. The maximum atomic E-state index is 11.8. The lowest BCUT2D eigenvalue weighted by Crippen LogP contribution is -2.43. The zero-order valence-electron chi connectivity index (χ0n) is 22.8. The van der Waals surface area contributed by atoms with Crippen LogP contribution in [0.15, 0.2) is 103 Å². The first kappa shape index (κ1) is 24.9. The number of aromatic hydroxyl groups is 2. The molecule has 0 saturated heterocycles. The SMILES string of the molecule is C[N+](C)(Cc1ccccc1)C(c1ccc2c(c1O)Nc1ccccc1O2)c1ccc2c(c1O)Nc1ccccc1O2. The van der Waals surface area contributed by atoms with Crippen LogP contribution in [0.25, 0.3) is 0 Å². The van der Waals surface area contributed by atoms with Crippen molar-refractivity contribution in [3.05, 3.63) is 120 Å². The average Bonchev–Trinajstić information content (AvgIpc) is 2.98. The molecule has 7 rings (SSSR count). The van der Waals surface area contributed by atoms with Crippen molar-refractivity contribution in [2.75, 3.05) is 24.7 Å². The number of rotatable bonds is 5. The lowest BCUT2D eigenvalue weighted by molar-refractivity contribution is -0.928. The van der Waals surface area contributed by atoms with Crippen molar-refractivity contribution in [2.24, 2.45) is 0 Å². The van der Waals surface area contributed by atoms with Crippen LogP contribution >= 0.6 is 0 Å². The summed E-state index contributed by atoms with van der Waals surface area (Å²) >= 11 is 0. The van der Waals surface area contributed by atoms with Gasteiger partial charge in [0.25, 0.3) is 0 Å². The molecule has 5 aromatic rings. The number of nitrogens with zero attached hydrogens (tertiary/aromatic N) is 1. The average molecular weight is 545 g/mol. The van der Waals surface area contributed by atoms with E-state index in [0.29, 0.717) is 56.5 Å². The maximum Gasteiger partial charge on any atom is 0.154 e. The van der Waals surface area contributed by atoms with Crippen LogP contribution in [-0.4, -0.2) is 28.8 Å². The Hall–Kier alpha value is -5.14. The minimum absolute atomic E-state index is 0.0768. The summed E-state index contributed by atoms with van der Waals surface area (Å²) in [5, 5.41) is 30.3. The van der Waals surface area contributed by atoms with Gasteiger partial charge in [-0.15, -0.1) is 0 Å². The third-order valence-corrected chi connectivity index (χ3v) is 7.80. The van der Waals surface area contributed by atoms with Gasteiger partial charge in [-0.2, -0.15) is 0 Å². The van der Waals surface area contributed by atoms with E-state index in [1.807, 2.05) is 91.0 Å². The normalized spacial score (nSPS) is 13.0. The van der Waals surface area contributed by atoms with Crippen LogP contribution in [0.3, 0.4) is 0 Å². The third kappa shape index (κ3) is 4.27. The van der Waals surface area contributed by atoms with Gasteiger partial charge in [-0.05, 0) is 48.5 Å². The molecule has 2 aliphatic rings. The van der Waals surface area contributed by atoms with E-state index in [4.69, 9.17) is 9.47 Å². The quantitative estimate of drug-likeness (QED) is 0.129. The highest BCUT2D eigenvalue weighted by atomic mass is 16.5. The summed E-state index contributed by atoms with van der Waals surface area (Å²) in [6.07, 6.45) is 0. The minimum atomic E-state index is -0.455. The first-order valence-electron chi connectivity index (χ1n) is 13.6. The number of hydrogen-bond acceptors (Lipinski definition) is 6. The van der Waals surface area contributed by atoms with Gasteiger partial charge >= 0.3 is 0 Å². The molecular formula is C34H30N3O4+. The number of anilines is 4. The molecule has 7 nitrogen and oxygen atoms in total. The molecule has 2 aliphatic heterocycles. The van der Waals surface area contributed by atoms with Gasteiger partial charge in [0.05, 0.1) is 36.6 Å². The Bertz CT molecular complexity index is 1680. The number of para-hydroxylation sites is 4. The van der Waals surface area contributed by atoms with Gasteiger partial charge in [0.15, 0.2) is 34.5 Å². The highest BCUT2D eigenvalue weighted by Gasteiger charge is 2.39. The highest BCUT2D eigenvalue weighted by Crippen LogP contribution is 2.54. The molecule has 0 fully saturated rings. The summed E-state index contributed by atoms with van der Waals surface area (Å²) in [7, 11) is 4.21. The zero-order valence-corrected chi connectivity index (χ0v) is 22.8. The molecule has 4 N–H and O–H groups in total. The number of fused-ring (bicyclic) bond motifs is 4. The number of phenolic OH excluding ortho intramolecular Hbond substituents is 2. The summed E-state index contributed by atoms with van der Waals surface area (Å²) in [5.41, 5.74) is 5.01. The molecule has 0 aromatic heterocycles. The van der Waals surface area contributed by atoms with Gasteiger partial charge in [-0.3, -0.25) is 0 Å². The monoisotopic (exact) mass is 544 g/mol. The predicted octanol–water partition coefficient (Wildman–Crippen LogP) is 8.16. The molecule has 0 saturated carbocycles. The van der Waals surface area contributed by atoms with Gasteiger partial charge in [-0.1, -0.05) is 54.6 Å². The highest BCUT2D eigenvalue weighted by molar-refractivity contribution is 5.83. The number of phenols is 2. The van der Waals surface area contributed by atoms with Gasteiger partial charge in [0.2, 0.25) is 0 Å². The Morgan fingerprint density at radius 2 is 1.05 bits per heavy atom. The lowest BCUT2D eigenvalue weighted by atomic mass is 9.91. The summed E-state index contributed by atoms with van der Waals surface area (Å²) in [6.45, 7) is 0.651. The number of nitrogens with one attached hydrogen (secondary N) is 2. The summed E-state index contributed by atoms with van der Waals surface area (Å²) in [6, 6.07) is 32.5. The van der Waals surface area contributed by atoms with Crippen LogP contribution in [0.2, 0.25) is 0 Å². The molecule has 0 bridgehead atoms. The van der Waals surface area contributed by atoms with E-state index in [2.05, 4.69) is 36.9 Å². The van der Waals surface area contributed by atoms with Crippen molar-refractivity contribution in [2.45, 2.75) is 12.6 Å². The Kier molecular flexibility index (Phi) is 5.76. The fourth-order valence-corrected chi connectivity index (χ4v) is 5.92. The fourth-order valence-electron chi connectivity index (χ4n) is 5.92. The van der Waals surface area contributed by atoms with E-state index in [1.165, 1.54) is 0 Å². The predicted molar refractivity (Wildman–Crippen MR) is 160 cm³/mol. The Morgan fingerprint density at radius 1 is 0.585 bits per heavy atom. The van der Waals surface area contributed by atoms with E-state index >= 15 is 0 Å². The lowest BCUT2D eigenvalue weighted by Gasteiger charge is -2.40. The summed E-state index contributed by atoms with van der Waals surface area (Å²) < 4.78 is 12.6. The Labute approximate surface area is 238 Å². The number of quaternary nitrogens is 1. The molecular weight excluding hydrogens is 514 g/mol. The van der Waals surface area contributed by atoms with E-state index in [0.717, 1.165) is 16.9 Å². The van der Waals surface area contributed by atoms with Crippen molar-refractivity contribution in [1.82, 2.24) is 0 Å². The minimum Gasteiger partial charge on any atom is -0.505 e. The summed E-state index contributed by atoms with van der Waals surface area (Å²) in [4.78, 5) is 0. The molecule has 0 amide bonds. The van der Waals surface area contributed by atoms with Crippen LogP contribution in [0, 0.1) is 0 Å². The third-order valence-electron chi connectivity index (χ3n) is 7.80. The number of ether oxygens (including phenoxy) is 2. The molecule has 5 aromatic carbocycles. The molecule has 0 aliphatic carbocycles. The van der Waals surface area contributed by atoms with Crippen LogP contribution in [0.1, 0.15) is 22.7 Å². The second kappa shape index (κ2) is 9.50. The van der Waals surface area contributed by atoms with Gasteiger partial charge in [-0.25, -0.2) is 0 Å². The topological polar surface area (TPSA) is 83.0 Å². The van der Waals surface area contributed by atoms with E-state index in [-0.39, 0.29) is 11.5 Å². The molecule has 2 heterocycles. The van der Waals surface area contributed by atoms with Crippen molar-refractivity contribution < 1.29 is 24.2 Å². The molecule has 0 atom stereocenters. The van der Waals surface area contributed by atoms with Crippen LogP contribution in [0.4, 0.5) is 22.7 Å². The van der Waals surface area contributed by atoms with E-state index in [9.17, 15) is 10.2 Å². The molecule has 0 radical (unpaired) electrons. The van der Waals surface area contributed by atoms with Crippen LogP contribution in [0.5, 0.6) is 34.5 Å². The Morgan fingerprint density at radius 3 is 1.56 bits per heavy atom. The molecule has 0 unspecified atom stereocenters. The van der Waals surface area contributed by atoms with E-state index in [1.54, 1.807) is 0 Å².